The molecule has 0 radical (unpaired) electrons. The van der Waals surface area contributed by atoms with Gasteiger partial charge in [0.2, 0.25) is 0 Å². The molecule has 2 aromatic heterocycles. The molecule has 1 fully saturated rings. The summed E-state index contributed by atoms with van der Waals surface area (Å²) in [6, 6.07) is 14.6. The second-order valence-corrected chi connectivity index (χ2v) is 8.83. The number of nitrogens with zero attached hydrogens (tertiary/aromatic N) is 3. The second-order valence-electron chi connectivity index (χ2n) is 8.83. The van der Waals surface area contributed by atoms with Crippen LogP contribution in [0.5, 0.6) is 0 Å². The van der Waals surface area contributed by atoms with Crippen molar-refractivity contribution < 1.29 is 0 Å². The molecule has 1 aliphatic rings. The molecule has 0 aliphatic carbocycles. The topological polar surface area (TPSA) is 62.7 Å². The van der Waals surface area contributed by atoms with Crippen LogP contribution >= 0.6 is 0 Å². The third kappa shape index (κ3) is 3.93. The lowest BCUT2D eigenvalue weighted by molar-refractivity contribution is 0.170. The molecule has 1 aliphatic heterocycles. The zero-order chi connectivity index (χ0) is 19.1. The minimum Gasteiger partial charge on any atom is -0.366 e. The number of pyridine rings is 1. The molecule has 0 atom stereocenters. The average molecular weight is 361 g/mol. The molecule has 0 unspecified atom stereocenters. The van der Waals surface area contributed by atoms with Crippen LogP contribution in [0.3, 0.4) is 0 Å². The number of piperidine rings is 1. The molecule has 0 spiro atoms. The number of fused-ring (bicyclic) bond motifs is 1. The van der Waals surface area contributed by atoms with E-state index in [-0.39, 0.29) is 11.1 Å². The highest BCUT2D eigenvalue weighted by atomic mass is 15.2. The number of anilines is 1. The van der Waals surface area contributed by atoms with Gasteiger partial charge in [-0.15, -0.1) is 10.2 Å². The summed E-state index contributed by atoms with van der Waals surface area (Å²) in [4.78, 5) is 4.53. The van der Waals surface area contributed by atoms with Crippen molar-refractivity contribution in [1.29, 1.82) is 0 Å². The number of benzene rings is 1. The fourth-order valence-corrected chi connectivity index (χ4v) is 4.49. The van der Waals surface area contributed by atoms with Crippen LogP contribution < -0.4 is 10.6 Å². The number of hydrogen-bond donors (Lipinski definition) is 2. The fourth-order valence-electron chi connectivity index (χ4n) is 4.49. The van der Waals surface area contributed by atoms with Gasteiger partial charge >= 0.3 is 0 Å². The van der Waals surface area contributed by atoms with Crippen molar-refractivity contribution in [1.82, 2.24) is 20.5 Å². The van der Waals surface area contributed by atoms with Crippen LogP contribution in [0.4, 0.5) is 5.82 Å². The van der Waals surface area contributed by atoms with Crippen LogP contribution in [0, 0.1) is 0 Å². The van der Waals surface area contributed by atoms with Gasteiger partial charge in [-0.3, -0.25) is 4.98 Å². The lowest BCUT2D eigenvalue weighted by Crippen LogP contribution is -2.60. The molecule has 5 heteroatoms. The van der Waals surface area contributed by atoms with E-state index >= 15 is 0 Å². The first-order valence-electron chi connectivity index (χ1n) is 9.55. The maximum absolute atomic E-state index is 4.53. The Balaban J connectivity index is 1.56. The lowest BCUT2D eigenvalue weighted by atomic mass is 9.79. The molecule has 4 rings (SSSR count). The van der Waals surface area contributed by atoms with E-state index in [2.05, 4.69) is 65.6 Å². The Bertz CT molecular complexity index is 925. The van der Waals surface area contributed by atoms with Crippen molar-refractivity contribution in [2.75, 3.05) is 5.32 Å². The highest BCUT2D eigenvalue weighted by Crippen LogP contribution is 2.30. The summed E-state index contributed by atoms with van der Waals surface area (Å²) in [6.07, 6.45) is 3.92. The van der Waals surface area contributed by atoms with Gasteiger partial charge in [-0.2, -0.15) is 0 Å². The standard InChI is InChI=1S/C22H27N5/c1-21(2)13-16(14-22(3,4)27-21)24-19-10-9-18(25-26-19)20-17-8-6-5-7-15(17)11-12-23-20/h5-12,16,27H,13-14H2,1-4H3,(H,24,26). The van der Waals surface area contributed by atoms with E-state index in [9.17, 15) is 0 Å². The van der Waals surface area contributed by atoms with Crippen LogP contribution in [0.2, 0.25) is 0 Å². The molecule has 3 heterocycles. The molecule has 2 N–H and O–H groups in total. The first-order chi connectivity index (χ1) is 12.8. The molecule has 0 bridgehead atoms. The molecule has 3 aromatic rings. The van der Waals surface area contributed by atoms with Crippen molar-refractivity contribution in [3.8, 4) is 11.4 Å². The van der Waals surface area contributed by atoms with E-state index in [1.54, 1.807) is 0 Å². The Labute approximate surface area is 160 Å². The third-order valence-electron chi connectivity index (χ3n) is 5.12. The minimum atomic E-state index is 0.0969. The predicted octanol–water partition coefficient (Wildman–Crippen LogP) is 4.41. The van der Waals surface area contributed by atoms with E-state index < -0.39 is 0 Å². The second kappa shape index (κ2) is 6.57. The minimum absolute atomic E-state index is 0.0969. The molecule has 0 saturated carbocycles. The molecular formula is C22H27N5. The molecule has 140 valence electrons. The van der Waals surface area contributed by atoms with Crippen LogP contribution in [0.1, 0.15) is 40.5 Å². The van der Waals surface area contributed by atoms with Gasteiger partial charge < -0.3 is 10.6 Å². The molecule has 5 nitrogen and oxygen atoms in total. The highest BCUT2D eigenvalue weighted by molar-refractivity contribution is 5.93. The van der Waals surface area contributed by atoms with E-state index in [1.165, 1.54) is 0 Å². The Morgan fingerprint density at radius 1 is 0.926 bits per heavy atom. The summed E-state index contributed by atoms with van der Waals surface area (Å²) < 4.78 is 0. The van der Waals surface area contributed by atoms with Crippen LogP contribution in [0.25, 0.3) is 22.2 Å². The average Bonchev–Trinajstić information content (AvgIpc) is 2.59. The number of aromatic nitrogens is 3. The van der Waals surface area contributed by atoms with E-state index in [0.717, 1.165) is 40.8 Å². The van der Waals surface area contributed by atoms with Crippen molar-refractivity contribution in [3.63, 3.8) is 0 Å². The Kier molecular flexibility index (Phi) is 4.35. The Hall–Kier alpha value is -2.53. The maximum atomic E-state index is 4.53. The number of rotatable bonds is 3. The van der Waals surface area contributed by atoms with Gasteiger partial charge in [0.1, 0.15) is 11.5 Å². The van der Waals surface area contributed by atoms with Gasteiger partial charge in [0, 0.05) is 28.7 Å². The van der Waals surface area contributed by atoms with Crippen molar-refractivity contribution in [2.45, 2.75) is 57.7 Å². The summed E-state index contributed by atoms with van der Waals surface area (Å²) in [5, 5.41) is 18.4. The van der Waals surface area contributed by atoms with Gasteiger partial charge in [0.25, 0.3) is 0 Å². The largest absolute Gasteiger partial charge is 0.366 e. The number of nitrogens with one attached hydrogen (secondary N) is 2. The SMILES string of the molecule is CC1(C)CC(Nc2ccc(-c3nccc4ccccc34)nn2)CC(C)(C)N1. The van der Waals surface area contributed by atoms with Crippen LogP contribution in [-0.2, 0) is 0 Å². The molecule has 27 heavy (non-hydrogen) atoms. The first kappa shape index (κ1) is 17.9. The van der Waals surface area contributed by atoms with E-state index in [0.29, 0.717) is 6.04 Å². The summed E-state index contributed by atoms with van der Waals surface area (Å²) in [6.45, 7) is 9.01. The normalized spacial score (nSPS) is 19.1. The smallest absolute Gasteiger partial charge is 0.148 e. The summed E-state index contributed by atoms with van der Waals surface area (Å²) >= 11 is 0. The lowest BCUT2D eigenvalue weighted by Gasteiger charge is -2.46. The molecular weight excluding hydrogens is 334 g/mol. The first-order valence-corrected chi connectivity index (χ1v) is 9.55. The molecule has 1 aromatic carbocycles. The maximum Gasteiger partial charge on any atom is 0.148 e. The van der Waals surface area contributed by atoms with Crippen molar-refractivity contribution in [2.24, 2.45) is 0 Å². The van der Waals surface area contributed by atoms with Crippen LogP contribution in [0.15, 0.2) is 48.7 Å². The monoisotopic (exact) mass is 361 g/mol. The highest BCUT2D eigenvalue weighted by Gasteiger charge is 2.37. The van der Waals surface area contributed by atoms with Gasteiger partial charge in [-0.1, -0.05) is 24.3 Å². The third-order valence-corrected chi connectivity index (χ3v) is 5.12. The van der Waals surface area contributed by atoms with Crippen molar-refractivity contribution in [3.05, 3.63) is 48.7 Å². The summed E-state index contributed by atoms with van der Waals surface area (Å²) in [7, 11) is 0. The van der Waals surface area contributed by atoms with E-state index in [4.69, 9.17) is 0 Å². The quantitative estimate of drug-likeness (QED) is 0.723. The van der Waals surface area contributed by atoms with Gasteiger partial charge in [-0.25, -0.2) is 0 Å². The Morgan fingerprint density at radius 3 is 2.37 bits per heavy atom. The van der Waals surface area contributed by atoms with E-state index in [1.807, 2.05) is 36.5 Å². The zero-order valence-electron chi connectivity index (χ0n) is 16.5. The molecule has 0 amide bonds. The van der Waals surface area contributed by atoms with Gasteiger partial charge in [0.15, 0.2) is 0 Å². The van der Waals surface area contributed by atoms with Crippen LogP contribution in [-0.4, -0.2) is 32.3 Å². The Morgan fingerprint density at radius 2 is 1.67 bits per heavy atom. The van der Waals surface area contributed by atoms with Gasteiger partial charge in [-0.05, 0) is 64.1 Å². The fraction of sp³-hybridized carbons (Fsp3) is 0.409. The summed E-state index contributed by atoms with van der Waals surface area (Å²) in [5.74, 6) is 0.817. The summed E-state index contributed by atoms with van der Waals surface area (Å²) in [5.41, 5.74) is 1.86. The zero-order valence-corrected chi connectivity index (χ0v) is 16.5. The predicted molar refractivity (Wildman–Crippen MR) is 111 cm³/mol. The number of hydrogen-bond acceptors (Lipinski definition) is 5. The molecule has 1 saturated heterocycles. The van der Waals surface area contributed by atoms with Crippen molar-refractivity contribution >= 4 is 16.6 Å². The van der Waals surface area contributed by atoms with Gasteiger partial charge in [0.05, 0.1) is 5.69 Å².